The highest BCUT2D eigenvalue weighted by Crippen LogP contribution is 2.60. The summed E-state index contributed by atoms with van der Waals surface area (Å²) >= 11 is 0. The molecule has 0 unspecified atom stereocenters. The van der Waals surface area contributed by atoms with Crippen LogP contribution in [0.3, 0.4) is 0 Å². The maximum atomic E-state index is 11.9. The van der Waals surface area contributed by atoms with Gasteiger partial charge in [0.1, 0.15) is 6.10 Å². The van der Waals surface area contributed by atoms with Crippen molar-refractivity contribution < 1.29 is 28.2 Å². The second-order valence-electron chi connectivity index (χ2n) is 10.7. The molecule has 0 radical (unpaired) electrons. The smallest absolute Gasteiger partial charge is 0.336 e. The zero-order chi connectivity index (χ0) is 25.5. The van der Waals surface area contributed by atoms with E-state index in [9.17, 15) is 9.59 Å². The van der Waals surface area contributed by atoms with Gasteiger partial charge in [0.2, 0.25) is 11.5 Å². The third-order valence-corrected chi connectivity index (χ3v) is 8.40. The lowest BCUT2D eigenvalue weighted by Gasteiger charge is -2.58. The van der Waals surface area contributed by atoms with Crippen LogP contribution in [0.2, 0.25) is 0 Å². The minimum atomic E-state index is -0.458. The van der Waals surface area contributed by atoms with Gasteiger partial charge < -0.3 is 23.4 Å². The van der Waals surface area contributed by atoms with Crippen LogP contribution in [-0.4, -0.2) is 32.9 Å². The summed E-state index contributed by atoms with van der Waals surface area (Å²) in [6.45, 7) is 10.8. The number of allylic oxidation sites excluding steroid dienone is 1. The fourth-order valence-corrected chi connectivity index (χ4v) is 6.53. The van der Waals surface area contributed by atoms with E-state index in [2.05, 4.69) is 33.8 Å². The van der Waals surface area contributed by atoms with E-state index < -0.39 is 5.63 Å². The van der Waals surface area contributed by atoms with E-state index in [4.69, 9.17) is 23.4 Å². The summed E-state index contributed by atoms with van der Waals surface area (Å²) in [5.74, 6) is 1.52. The van der Waals surface area contributed by atoms with Gasteiger partial charge in [-0.25, -0.2) is 4.79 Å². The zero-order valence-electron chi connectivity index (χ0n) is 21.7. The van der Waals surface area contributed by atoms with Crippen molar-refractivity contribution in [2.45, 2.75) is 60.0 Å². The highest BCUT2D eigenvalue weighted by Gasteiger charge is 2.56. The molecule has 7 heteroatoms. The molecule has 1 saturated carbocycles. The van der Waals surface area contributed by atoms with E-state index in [-0.39, 0.29) is 28.8 Å². The van der Waals surface area contributed by atoms with Crippen LogP contribution in [0.5, 0.6) is 17.2 Å². The Labute approximate surface area is 206 Å². The number of esters is 1. The number of fused-ring (bicyclic) bond motifs is 2. The molecule has 190 valence electrons. The van der Waals surface area contributed by atoms with Gasteiger partial charge in [0.05, 0.1) is 20.8 Å². The monoisotopic (exact) mass is 484 g/mol. The summed E-state index contributed by atoms with van der Waals surface area (Å²) in [6, 6.07) is 4.84. The summed E-state index contributed by atoms with van der Waals surface area (Å²) in [7, 11) is 3.10. The summed E-state index contributed by atoms with van der Waals surface area (Å²) < 4.78 is 28.9. The predicted octanol–water partition coefficient (Wildman–Crippen LogP) is 5.53. The molecule has 4 atom stereocenters. The summed E-state index contributed by atoms with van der Waals surface area (Å²) in [5, 5.41) is 0.692. The Morgan fingerprint density at radius 1 is 1.14 bits per heavy atom. The largest absolute Gasteiger partial charge is 0.493 e. The van der Waals surface area contributed by atoms with Crippen molar-refractivity contribution in [3.05, 3.63) is 40.3 Å². The number of methoxy groups -OCH3 is 2. The fraction of sp³-hybridized carbons (Fsp3) is 0.571. The van der Waals surface area contributed by atoms with Gasteiger partial charge >= 0.3 is 11.6 Å². The molecular formula is C28H36O7. The van der Waals surface area contributed by atoms with E-state index in [0.29, 0.717) is 40.7 Å². The third-order valence-electron chi connectivity index (χ3n) is 8.40. The predicted molar refractivity (Wildman–Crippen MR) is 133 cm³/mol. The second kappa shape index (κ2) is 9.25. The Balaban J connectivity index is 1.68. The maximum absolute atomic E-state index is 11.9. The van der Waals surface area contributed by atoms with Crippen molar-refractivity contribution in [1.29, 1.82) is 0 Å². The minimum absolute atomic E-state index is 0.0388. The molecule has 4 rings (SSSR count). The molecule has 1 aromatic heterocycles. The molecule has 2 aliphatic rings. The quantitative estimate of drug-likeness (QED) is 0.303. The lowest BCUT2D eigenvalue weighted by atomic mass is 9.48. The van der Waals surface area contributed by atoms with Gasteiger partial charge in [0.25, 0.3) is 0 Å². The first-order valence-corrected chi connectivity index (χ1v) is 12.2. The van der Waals surface area contributed by atoms with E-state index >= 15 is 0 Å². The molecule has 0 N–H and O–H groups in total. The van der Waals surface area contributed by atoms with E-state index in [1.807, 2.05) is 0 Å². The number of carbonyl (C=O) groups excluding carboxylic acids is 1. The van der Waals surface area contributed by atoms with E-state index in [1.54, 1.807) is 19.2 Å². The van der Waals surface area contributed by atoms with Gasteiger partial charge in [-0.3, -0.25) is 4.79 Å². The van der Waals surface area contributed by atoms with Crippen molar-refractivity contribution >= 4 is 16.9 Å². The van der Waals surface area contributed by atoms with Crippen LogP contribution in [0.4, 0.5) is 0 Å². The van der Waals surface area contributed by atoms with Crippen LogP contribution in [0, 0.1) is 22.7 Å². The summed E-state index contributed by atoms with van der Waals surface area (Å²) in [6.07, 6.45) is 4.88. The number of rotatable bonds is 6. The summed E-state index contributed by atoms with van der Waals surface area (Å²) in [5.41, 5.74) is 0.952. The van der Waals surface area contributed by atoms with Crippen molar-refractivity contribution in [1.82, 2.24) is 0 Å². The van der Waals surface area contributed by atoms with Crippen LogP contribution in [0.25, 0.3) is 11.0 Å². The van der Waals surface area contributed by atoms with Gasteiger partial charge in [-0.1, -0.05) is 32.4 Å². The van der Waals surface area contributed by atoms with Crippen LogP contribution < -0.4 is 19.8 Å². The fourth-order valence-electron chi connectivity index (χ4n) is 6.53. The number of hydrogen-bond acceptors (Lipinski definition) is 7. The van der Waals surface area contributed by atoms with Crippen molar-refractivity contribution in [3.8, 4) is 17.2 Å². The molecule has 1 aromatic carbocycles. The van der Waals surface area contributed by atoms with Gasteiger partial charge in [-0.15, -0.1) is 0 Å². The van der Waals surface area contributed by atoms with Crippen LogP contribution in [0.15, 0.2) is 39.1 Å². The average Bonchev–Trinajstić information content (AvgIpc) is 2.79. The highest BCUT2D eigenvalue weighted by atomic mass is 16.5. The highest BCUT2D eigenvalue weighted by molar-refractivity contribution is 5.88. The van der Waals surface area contributed by atoms with Gasteiger partial charge in [0, 0.05) is 29.7 Å². The third kappa shape index (κ3) is 4.30. The van der Waals surface area contributed by atoms with Crippen LogP contribution >= 0.6 is 0 Å². The number of benzene rings is 1. The molecule has 0 spiro atoms. The van der Waals surface area contributed by atoms with Gasteiger partial charge in [-0.2, -0.15) is 0 Å². The Morgan fingerprint density at radius 3 is 2.54 bits per heavy atom. The maximum Gasteiger partial charge on any atom is 0.336 e. The van der Waals surface area contributed by atoms with E-state index in [1.165, 1.54) is 25.7 Å². The van der Waals surface area contributed by atoms with Crippen LogP contribution in [-0.2, 0) is 9.53 Å². The number of ether oxygens (including phenoxy) is 4. The van der Waals surface area contributed by atoms with Gasteiger partial charge in [0.15, 0.2) is 11.3 Å². The molecule has 0 bridgehead atoms. The minimum Gasteiger partial charge on any atom is -0.493 e. The average molecular weight is 485 g/mol. The molecular weight excluding hydrogens is 448 g/mol. The Bertz CT molecular complexity index is 1210. The molecule has 2 aromatic rings. The lowest BCUT2D eigenvalue weighted by Crippen LogP contribution is -2.55. The standard InChI is InChI=1S/C28H36O7/c1-16-8-10-21-27(3,4)22(34-17(2)29)12-13-28(21,5)19(16)15-33-25-20(31-6)14-18-9-11-23(30)35-24(18)26(25)32-7/h8-9,11,14,19,21-22H,10,12-13,15H2,1-7H3/t19-,21-,22+,28+/m1/s1. The molecule has 1 heterocycles. The molecule has 2 aliphatic carbocycles. The molecule has 35 heavy (non-hydrogen) atoms. The molecule has 7 nitrogen and oxygen atoms in total. The van der Waals surface area contributed by atoms with Crippen molar-refractivity contribution in [2.75, 3.05) is 20.8 Å². The van der Waals surface area contributed by atoms with Gasteiger partial charge in [-0.05, 0) is 49.7 Å². The molecule has 0 saturated heterocycles. The summed E-state index contributed by atoms with van der Waals surface area (Å²) in [4.78, 5) is 23.6. The Morgan fingerprint density at radius 2 is 1.89 bits per heavy atom. The van der Waals surface area contributed by atoms with Crippen molar-refractivity contribution in [3.63, 3.8) is 0 Å². The second-order valence-corrected chi connectivity index (χ2v) is 10.7. The lowest BCUT2D eigenvalue weighted by molar-refractivity contribution is -0.172. The Kier molecular flexibility index (Phi) is 6.64. The zero-order valence-corrected chi connectivity index (χ0v) is 21.7. The first-order chi connectivity index (χ1) is 16.5. The topological polar surface area (TPSA) is 84.2 Å². The molecule has 1 fully saturated rings. The van der Waals surface area contributed by atoms with E-state index in [0.717, 1.165) is 19.3 Å². The first-order valence-electron chi connectivity index (χ1n) is 12.2. The normalized spacial score (nSPS) is 27.5. The SMILES string of the molecule is COc1cc2ccc(=O)oc2c(OC)c1OC[C@@H]1C(C)=CC[C@@H]2C(C)(C)[C@@H](OC(C)=O)CC[C@@]12C. The molecule has 0 amide bonds. The number of carbonyl (C=O) groups is 1. The number of hydrogen-bond donors (Lipinski definition) is 0. The molecule has 0 aliphatic heterocycles. The van der Waals surface area contributed by atoms with Crippen molar-refractivity contribution in [2.24, 2.45) is 22.7 Å². The first kappa shape index (κ1) is 25.1. The Hall–Kier alpha value is -2.96. The van der Waals surface area contributed by atoms with Crippen LogP contribution in [0.1, 0.15) is 53.9 Å².